The highest BCUT2D eigenvalue weighted by Crippen LogP contribution is 2.18. The Morgan fingerprint density at radius 1 is 0.781 bits per heavy atom. The summed E-state index contributed by atoms with van der Waals surface area (Å²) in [6.07, 6.45) is 3.95. The van der Waals surface area contributed by atoms with E-state index in [-0.39, 0.29) is 12.2 Å². The number of unbranched alkanes of at least 4 members (excludes halogenated alkanes) is 2. The van der Waals surface area contributed by atoms with Crippen molar-refractivity contribution >= 4 is 11.9 Å². The molecule has 32 heavy (non-hydrogen) atoms. The smallest absolute Gasteiger partial charge is 0.343 e. The zero-order chi connectivity index (χ0) is 23.3. The Bertz CT molecular complexity index is 828. The third kappa shape index (κ3) is 8.71. The van der Waals surface area contributed by atoms with E-state index in [1.54, 1.807) is 55.5 Å². The van der Waals surface area contributed by atoms with Crippen molar-refractivity contribution in [1.82, 2.24) is 0 Å². The Hall–Kier alpha value is -2.86. The molecule has 0 spiro atoms. The van der Waals surface area contributed by atoms with E-state index in [4.69, 9.17) is 18.9 Å². The molecule has 0 heterocycles. The number of rotatable bonds is 13. The lowest BCUT2D eigenvalue weighted by Gasteiger charge is -2.16. The molecule has 0 aliphatic rings. The summed E-state index contributed by atoms with van der Waals surface area (Å²) in [7, 11) is 0. The third-order valence-corrected chi connectivity index (χ3v) is 4.91. The van der Waals surface area contributed by atoms with Crippen LogP contribution in [0, 0.1) is 0 Å². The molecule has 0 aliphatic heterocycles. The topological polar surface area (TPSA) is 71.1 Å². The van der Waals surface area contributed by atoms with E-state index in [0.717, 1.165) is 31.4 Å². The zero-order valence-corrected chi connectivity index (χ0v) is 19.5. The van der Waals surface area contributed by atoms with Crippen LogP contribution in [-0.4, -0.2) is 37.4 Å². The molecular weight excluding hydrogens is 408 g/mol. The van der Waals surface area contributed by atoms with Gasteiger partial charge in [0, 0.05) is 0 Å². The van der Waals surface area contributed by atoms with E-state index in [1.165, 1.54) is 0 Å². The summed E-state index contributed by atoms with van der Waals surface area (Å²) in [4.78, 5) is 24.6. The molecule has 174 valence electrons. The average Bonchev–Trinajstić information content (AvgIpc) is 2.81. The van der Waals surface area contributed by atoms with Gasteiger partial charge in [-0.25, -0.2) is 9.59 Å². The Morgan fingerprint density at radius 3 is 1.97 bits per heavy atom. The van der Waals surface area contributed by atoms with Crippen LogP contribution in [0.15, 0.2) is 48.5 Å². The average molecular weight is 443 g/mol. The van der Waals surface area contributed by atoms with Gasteiger partial charge >= 0.3 is 11.9 Å². The Balaban J connectivity index is 1.83. The van der Waals surface area contributed by atoms with Crippen molar-refractivity contribution in [2.45, 2.75) is 65.6 Å². The maximum absolute atomic E-state index is 12.4. The summed E-state index contributed by atoms with van der Waals surface area (Å²) >= 11 is 0. The largest absolute Gasteiger partial charge is 0.494 e. The van der Waals surface area contributed by atoms with Crippen molar-refractivity contribution in [3.05, 3.63) is 59.7 Å². The van der Waals surface area contributed by atoms with Gasteiger partial charge in [0.2, 0.25) is 0 Å². The SMILES string of the molecule is CCCCCOc1ccc(C(=O)Oc2ccc(C(=O)O[C@@H](C)CO[C@@H](C)CC)cc2)cc1. The summed E-state index contributed by atoms with van der Waals surface area (Å²) in [6.45, 7) is 8.96. The number of hydrogen-bond acceptors (Lipinski definition) is 6. The van der Waals surface area contributed by atoms with Crippen LogP contribution in [0.3, 0.4) is 0 Å². The van der Waals surface area contributed by atoms with Gasteiger partial charge in [-0.1, -0.05) is 26.7 Å². The van der Waals surface area contributed by atoms with E-state index < -0.39 is 11.9 Å². The lowest BCUT2D eigenvalue weighted by Crippen LogP contribution is -2.23. The third-order valence-electron chi connectivity index (χ3n) is 4.91. The molecule has 0 radical (unpaired) electrons. The van der Waals surface area contributed by atoms with Crippen LogP contribution in [0.4, 0.5) is 0 Å². The molecule has 6 nitrogen and oxygen atoms in total. The number of esters is 2. The van der Waals surface area contributed by atoms with Gasteiger partial charge in [-0.2, -0.15) is 0 Å². The molecule has 0 saturated carbocycles. The van der Waals surface area contributed by atoms with Gasteiger partial charge in [0.05, 0.1) is 30.4 Å². The Kier molecular flexibility index (Phi) is 10.7. The summed E-state index contributed by atoms with van der Waals surface area (Å²) in [5, 5.41) is 0. The summed E-state index contributed by atoms with van der Waals surface area (Å²) in [6, 6.07) is 13.1. The van der Waals surface area contributed by atoms with Gasteiger partial charge in [-0.3, -0.25) is 0 Å². The van der Waals surface area contributed by atoms with E-state index in [9.17, 15) is 9.59 Å². The standard InChI is InChI=1S/C26H34O6/c1-5-7-8-17-29-23-13-9-22(10-14-23)26(28)32-24-15-11-21(12-16-24)25(27)31-20(4)18-30-19(3)6-2/h9-16,19-20H,5-8,17-18H2,1-4H3/t19-,20-/m0/s1. The first-order valence-electron chi connectivity index (χ1n) is 11.3. The van der Waals surface area contributed by atoms with Crippen LogP contribution in [0.2, 0.25) is 0 Å². The minimum Gasteiger partial charge on any atom is -0.494 e. The van der Waals surface area contributed by atoms with Gasteiger partial charge in [0.25, 0.3) is 0 Å². The van der Waals surface area contributed by atoms with Crippen LogP contribution in [0.5, 0.6) is 11.5 Å². The van der Waals surface area contributed by atoms with Crippen LogP contribution in [0.1, 0.15) is 74.1 Å². The lowest BCUT2D eigenvalue weighted by molar-refractivity contribution is -0.0186. The van der Waals surface area contributed by atoms with E-state index in [0.29, 0.717) is 30.1 Å². The van der Waals surface area contributed by atoms with E-state index in [1.807, 2.05) is 13.8 Å². The van der Waals surface area contributed by atoms with Crippen molar-refractivity contribution < 1.29 is 28.5 Å². The van der Waals surface area contributed by atoms with Gasteiger partial charge in [0.1, 0.15) is 17.6 Å². The van der Waals surface area contributed by atoms with Crippen molar-refractivity contribution in [3.8, 4) is 11.5 Å². The van der Waals surface area contributed by atoms with Crippen molar-refractivity contribution in [2.24, 2.45) is 0 Å². The normalized spacial score (nSPS) is 12.6. The van der Waals surface area contributed by atoms with Crippen molar-refractivity contribution in [1.29, 1.82) is 0 Å². The van der Waals surface area contributed by atoms with E-state index >= 15 is 0 Å². The van der Waals surface area contributed by atoms with Gasteiger partial charge < -0.3 is 18.9 Å². The molecular formula is C26H34O6. The minimum absolute atomic E-state index is 0.125. The highest BCUT2D eigenvalue weighted by molar-refractivity contribution is 5.92. The van der Waals surface area contributed by atoms with Crippen molar-refractivity contribution in [2.75, 3.05) is 13.2 Å². The second kappa shape index (κ2) is 13.5. The molecule has 0 saturated heterocycles. The van der Waals surface area contributed by atoms with Crippen LogP contribution >= 0.6 is 0 Å². The predicted octanol–water partition coefficient (Wildman–Crippen LogP) is 5.84. The number of hydrogen-bond donors (Lipinski definition) is 0. The Morgan fingerprint density at radius 2 is 1.38 bits per heavy atom. The van der Waals surface area contributed by atoms with Gasteiger partial charge in [-0.05, 0) is 75.2 Å². The number of benzene rings is 2. The van der Waals surface area contributed by atoms with Crippen molar-refractivity contribution in [3.63, 3.8) is 0 Å². The minimum atomic E-state index is -0.478. The first kappa shape index (κ1) is 25.4. The molecule has 2 aromatic rings. The molecule has 0 N–H and O–H groups in total. The van der Waals surface area contributed by atoms with E-state index in [2.05, 4.69) is 6.92 Å². The molecule has 2 rings (SSSR count). The number of carbonyl (C=O) groups is 2. The molecule has 0 fully saturated rings. The molecule has 2 aromatic carbocycles. The fourth-order valence-corrected chi connectivity index (χ4v) is 2.76. The second-order valence-electron chi connectivity index (χ2n) is 7.76. The molecule has 0 aromatic heterocycles. The number of ether oxygens (including phenoxy) is 4. The van der Waals surface area contributed by atoms with Crippen LogP contribution in [-0.2, 0) is 9.47 Å². The summed E-state index contributed by atoms with van der Waals surface area (Å²) in [5.41, 5.74) is 0.800. The molecule has 0 bridgehead atoms. The molecule has 6 heteroatoms. The Labute approximate surface area is 190 Å². The number of carbonyl (C=O) groups excluding carboxylic acids is 2. The maximum atomic E-state index is 12.4. The molecule has 0 unspecified atom stereocenters. The fraction of sp³-hybridized carbons (Fsp3) is 0.462. The second-order valence-corrected chi connectivity index (χ2v) is 7.76. The zero-order valence-electron chi connectivity index (χ0n) is 19.5. The molecule has 2 atom stereocenters. The predicted molar refractivity (Wildman–Crippen MR) is 123 cm³/mol. The summed E-state index contributed by atoms with van der Waals surface area (Å²) < 4.78 is 22.0. The first-order chi connectivity index (χ1) is 15.4. The van der Waals surface area contributed by atoms with Gasteiger partial charge in [0.15, 0.2) is 0 Å². The molecule has 0 amide bonds. The maximum Gasteiger partial charge on any atom is 0.343 e. The van der Waals surface area contributed by atoms with Crippen LogP contribution in [0.25, 0.3) is 0 Å². The van der Waals surface area contributed by atoms with Crippen LogP contribution < -0.4 is 9.47 Å². The summed E-state index contributed by atoms with van der Waals surface area (Å²) in [5.74, 6) is 0.148. The highest BCUT2D eigenvalue weighted by Gasteiger charge is 2.14. The molecule has 0 aliphatic carbocycles. The monoisotopic (exact) mass is 442 g/mol. The first-order valence-corrected chi connectivity index (χ1v) is 11.3. The lowest BCUT2D eigenvalue weighted by atomic mass is 10.2. The highest BCUT2D eigenvalue weighted by atomic mass is 16.6. The fourth-order valence-electron chi connectivity index (χ4n) is 2.76. The van der Waals surface area contributed by atoms with Gasteiger partial charge in [-0.15, -0.1) is 0 Å². The quantitative estimate of drug-likeness (QED) is 0.221.